The molecule has 1 aromatic heterocycles. The fourth-order valence-corrected chi connectivity index (χ4v) is 2.80. The Labute approximate surface area is 160 Å². The Morgan fingerprint density at radius 1 is 1.11 bits per heavy atom. The summed E-state index contributed by atoms with van der Waals surface area (Å²) in [7, 11) is 0. The molecule has 10 nitrogen and oxygen atoms in total. The highest BCUT2D eigenvalue weighted by Gasteiger charge is 2.27. The second kappa shape index (κ2) is 9.51. The van der Waals surface area contributed by atoms with Crippen LogP contribution in [0.4, 0.5) is 0 Å². The maximum absolute atomic E-state index is 12.7. The van der Waals surface area contributed by atoms with Crippen molar-refractivity contribution in [3.05, 3.63) is 36.0 Å². The summed E-state index contributed by atoms with van der Waals surface area (Å²) >= 11 is 0. The summed E-state index contributed by atoms with van der Waals surface area (Å²) in [6, 6.07) is 5.10. The van der Waals surface area contributed by atoms with Crippen LogP contribution in [0.1, 0.15) is 18.4 Å². The minimum Gasteiger partial charge on any atom is -0.480 e. The third-order valence-electron chi connectivity index (χ3n) is 4.23. The summed E-state index contributed by atoms with van der Waals surface area (Å²) in [6.07, 6.45) is 1.51. The summed E-state index contributed by atoms with van der Waals surface area (Å²) in [5, 5.41) is 15.0. The van der Waals surface area contributed by atoms with Crippen molar-refractivity contribution in [1.82, 2.24) is 15.6 Å². The van der Waals surface area contributed by atoms with Crippen molar-refractivity contribution in [2.24, 2.45) is 11.5 Å². The van der Waals surface area contributed by atoms with Gasteiger partial charge in [0, 0.05) is 29.9 Å². The number of carboxylic acid groups (broad SMARTS) is 1. The quantitative estimate of drug-likeness (QED) is 0.303. The molecule has 3 amide bonds. The first-order valence-corrected chi connectivity index (χ1v) is 8.67. The monoisotopic (exact) mass is 389 g/mol. The third kappa shape index (κ3) is 5.55. The predicted molar refractivity (Wildman–Crippen MR) is 101 cm³/mol. The van der Waals surface area contributed by atoms with Gasteiger partial charge in [0.15, 0.2) is 0 Å². The fraction of sp³-hybridized carbons (Fsp3) is 0.333. The number of rotatable bonds is 10. The number of primary amides is 1. The van der Waals surface area contributed by atoms with E-state index < -0.39 is 35.8 Å². The van der Waals surface area contributed by atoms with Crippen LogP contribution in [0.2, 0.25) is 0 Å². The van der Waals surface area contributed by atoms with Crippen LogP contribution < -0.4 is 22.1 Å². The molecular weight excluding hydrogens is 366 g/mol. The Morgan fingerprint density at radius 3 is 2.46 bits per heavy atom. The zero-order valence-corrected chi connectivity index (χ0v) is 15.1. The van der Waals surface area contributed by atoms with Crippen molar-refractivity contribution in [1.29, 1.82) is 0 Å². The van der Waals surface area contributed by atoms with E-state index >= 15 is 0 Å². The maximum atomic E-state index is 12.7. The zero-order chi connectivity index (χ0) is 20.7. The first-order chi connectivity index (χ1) is 13.3. The van der Waals surface area contributed by atoms with Gasteiger partial charge in [-0.05, 0) is 18.1 Å². The number of amides is 3. The molecular formula is C18H23N5O5. The number of nitrogens with two attached hydrogens (primary N) is 2. The highest BCUT2D eigenvalue weighted by Crippen LogP contribution is 2.19. The number of carboxylic acids is 1. The molecule has 0 saturated heterocycles. The fourth-order valence-electron chi connectivity index (χ4n) is 2.80. The first-order valence-electron chi connectivity index (χ1n) is 8.67. The number of hydrogen-bond acceptors (Lipinski definition) is 5. The van der Waals surface area contributed by atoms with Crippen molar-refractivity contribution in [3.63, 3.8) is 0 Å². The molecule has 2 rings (SSSR count). The Kier molecular flexibility index (Phi) is 7.10. The van der Waals surface area contributed by atoms with E-state index in [9.17, 15) is 24.3 Å². The number of fused-ring (bicyclic) bond motifs is 1. The molecule has 0 saturated carbocycles. The van der Waals surface area contributed by atoms with E-state index in [2.05, 4.69) is 15.6 Å². The lowest BCUT2D eigenvalue weighted by molar-refractivity contribution is -0.142. The van der Waals surface area contributed by atoms with Gasteiger partial charge in [-0.1, -0.05) is 18.2 Å². The molecule has 28 heavy (non-hydrogen) atoms. The van der Waals surface area contributed by atoms with Crippen molar-refractivity contribution >= 4 is 34.6 Å². The Balaban J connectivity index is 2.18. The largest absolute Gasteiger partial charge is 0.480 e. The molecule has 0 aliphatic rings. The number of para-hydroxylation sites is 1. The number of hydrogen-bond donors (Lipinski definition) is 6. The van der Waals surface area contributed by atoms with Crippen molar-refractivity contribution in [2.75, 3.05) is 6.54 Å². The van der Waals surface area contributed by atoms with E-state index in [0.717, 1.165) is 16.5 Å². The SMILES string of the molecule is NCC(=O)N[C@@H](Cc1c[nH]c2ccccc12)C(=O)N[C@@H](CCC(N)=O)C(=O)O. The summed E-state index contributed by atoms with van der Waals surface area (Å²) in [5.74, 6) is -3.22. The number of carbonyl (C=O) groups excluding carboxylic acids is 3. The summed E-state index contributed by atoms with van der Waals surface area (Å²) in [5.41, 5.74) is 12.0. The van der Waals surface area contributed by atoms with Gasteiger partial charge < -0.3 is 32.2 Å². The molecule has 0 aliphatic carbocycles. The topological polar surface area (TPSA) is 180 Å². The van der Waals surface area contributed by atoms with Crippen LogP contribution in [0.25, 0.3) is 10.9 Å². The predicted octanol–water partition coefficient (Wildman–Crippen LogP) is -1.01. The van der Waals surface area contributed by atoms with Crippen LogP contribution in [-0.2, 0) is 25.6 Å². The molecule has 0 radical (unpaired) electrons. The molecule has 1 heterocycles. The molecule has 0 spiro atoms. The molecule has 2 aromatic rings. The van der Waals surface area contributed by atoms with Crippen LogP contribution in [0.15, 0.2) is 30.5 Å². The van der Waals surface area contributed by atoms with Crippen molar-refractivity contribution < 1.29 is 24.3 Å². The Bertz CT molecular complexity index is 878. The molecule has 0 unspecified atom stereocenters. The molecule has 0 aliphatic heterocycles. The van der Waals surface area contributed by atoms with E-state index in [1.807, 2.05) is 24.3 Å². The molecule has 0 fully saturated rings. The van der Waals surface area contributed by atoms with Crippen molar-refractivity contribution in [3.8, 4) is 0 Å². The minimum atomic E-state index is -1.31. The van der Waals surface area contributed by atoms with Gasteiger partial charge in [-0.25, -0.2) is 4.79 Å². The maximum Gasteiger partial charge on any atom is 0.326 e. The van der Waals surface area contributed by atoms with Gasteiger partial charge in [-0.15, -0.1) is 0 Å². The van der Waals surface area contributed by atoms with E-state index in [4.69, 9.17) is 11.5 Å². The minimum absolute atomic E-state index is 0.129. The third-order valence-corrected chi connectivity index (χ3v) is 4.23. The van der Waals surface area contributed by atoms with Gasteiger partial charge >= 0.3 is 5.97 Å². The van der Waals surface area contributed by atoms with E-state index in [0.29, 0.717) is 0 Å². The average molecular weight is 389 g/mol. The van der Waals surface area contributed by atoms with Crippen LogP contribution in [0.5, 0.6) is 0 Å². The van der Waals surface area contributed by atoms with Gasteiger partial charge in [0.2, 0.25) is 17.7 Å². The highest BCUT2D eigenvalue weighted by molar-refractivity contribution is 5.92. The highest BCUT2D eigenvalue weighted by atomic mass is 16.4. The van der Waals surface area contributed by atoms with Gasteiger partial charge in [-0.2, -0.15) is 0 Å². The van der Waals surface area contributed by atoms with Gasteiger partial charge in [0.1, 0.15) is 12.1 Å². The number of nitrogens with one attached hydrogen (secondary N) is 3. The molecule has 10 heteroatoms. The van der Waals surface area contributed by atoms with Gasteiger partial charge in [-0.3, -0.25) is 14.4 Å². The molecule has 8 N–H and O–H groups in total. The lowest BCUT2D eigenvalue weighted by Crippen LogP contribution is -2.53. The van der Waals surface area contributed by atoms with Gasteiger partial charge in [0.25, 0.3) is 0 Å². The Hall–Kier alpha value is -3.40. The molecule has 1 aromatic carbocycles. The number of aromatic amines is 1. The summed E-state index contributed by atoms with van der Waals surface area (Å²) in [4.78, 5) is 49.8. The van der Waals surface area contributed by atoms with Crippen LogP contribution in [0.3, 0.4) is 0 Å². The second-order valence-electron chi connectivity index (χ2n) is 6.29. The van der Waals surface area contributed by atoms with E-state index in [-0.39, 0.29) is 25.8 Å². The average Bonchev–Trinajstić information content (AvgIpc) is 3.06. The molecule has 2 atom stereocenters. The van der Waals surface area contributed by atoms with E-state index in [1.54, 1.807) is 6.20 Å². The number of H-pyrrole nitrogens is 1. The number of carbonyl (C=O) groups is 4. The summed E-state index contributed by atoms with van der Waals surface area (Å²) < 4.78 is 0. The number of benzene rings is 1. The lowest BCUT2D eigenvalue weighted by Gasteiger charge is -2.21. The van der Waals surface area contributed by atoms with Crippen LogP contribution in [-0.4, -0.2) is 52.4 Å². The van der Waals surface area contributed by atoms with Gasteiger partial charge in [0.05, 0.1) is 6.54 Å². The van der Waals surface area contributed by atoms with Crippen LogP contribution >= 0.6 is 0 Å². The first kappa shape index (κ1) is 20.9. The summed E-state index contributed by atoms with van der Waals surface area (Å²) in [6.45, 7) is -0.318. The molecule has 0 bridgehead atoms. The molecule has 150 valence electrons. The number of aliphatic carboxylic acids is 1. The normalized spacial score (nSPS) is 12.9. The van der Waals surface area contributed by atoms with Crippen LogP contribution in [0, 0.1) is 0 Å². The Morgan fingerprint density at radius 2 is 1.82 bits per heavy atom. The second-order valence-corrected chi connectivity index (χ2v) is 6.29. The van der Waals surface area contributed by atoms with E-state index in [1.165, 1.54) is 0 Å². The smallest absolute Gasteiger partial charge is 0.326 e. The number of aromatic nitrogens is 1. The zero-order valence-electron chi connectivity index (χ0n) is 15.1. The lowest BCUT2D eigenvalue weighted by atomic mass is 10.0. The van der Waals surface area contributed by atoms with Crippen molar-refractivity contribution in [2.45, 2.75) is 31.3 Å². The standard InChI is InChI=1S/C18H23N5O5/c19-8-16(25)22-14(7-10-9-21-12-4-2-1-3-11(10)12)17(26)23-13(18(27)28)5-6-15(20)24/h1-4,9,13-14,21H,5-8,19H2,(H2,20,24)(H,22,25)(H,23,26)(H,27,28)/t13-,14-/m0/s1.